The molecular formula is C15H23N3O2. The number of carbonyl (C=O) groups excluding carboxylic acids is 2. The largest absolute Gasteiger partial charge is 0.341 e. The van der Waals surface area contributed by atoms with Gasteiger partial charge in [0.1, 0.15) is 0 Å². The summed E-state index contributed by atoms with van der Waals surface area (Å²) < 4.78 is 0. The topological polar surface area (TPSA) is 70.2 Å². The maximum Gasteiger partial charge on any atom is 0.321 e. The number of amides is 3. The first-order valence-corrected chi connectivity index (χ1v) is 6.79. The Morgan fingerprint density at radius 1 is 1.05 bits per heavy atom. The van der Waals surface area contributed by atoms with Crippen LogP contribution in [0.5, 0.6) is 0 Å². The zero-order valence-electron chi connectivity index (χ0n) is 12.4. The smallest absolute Gasteiger partial charge is 0.321 e. The van der Waals surface area contributed by atoms with E-state index < -0.39 is 12.1 Å². The summed E-state index contributed by atoms with van der Waals surface area (Å²) in [7, 11) is 1.47. The van der Waals surface area contributed by atoms with Crippen molar-refractivity contribution in [2.24, 2.45) is 5.92 Å². The van der Waals surface area contributed by atoms with Crippen molar-refractivity contribution in [3.8, 4) is 0 Å². The highest BCUT2D eigenvalue weighted by atomic mass is 16.2. The number of carbonyl (C=O) groups is 2. The van der Waals surface area contributed by atoms with Gasteiger partial charge in [-0.1, -0.05) is 44.2 Å². The highest BCUT2D eigenvalue weighted by Crippen LogP contribution is 2.21. The van der Waals surface area contributed by atoms with Gasteiger partial charge >= 0.3 is 6.03 Å². The number of nitrogens with one attached hydrogen (secondary N) is 3. The van der Waals surface area contributed by atoms with Gasteiger partial charge in [0.2, 0.25) is 5.91 Å². The van der Waals surface area contributed by atoms with E-state index in [0.717, 1.165) is 5.56 Å². The van der Waals surface area contributed by atoms with Crippen LogP contribution in [0.1, 0.15) is 32.4 Å². The Balaban J connectivity index is 2.71. The highest BCUT2D eigenvalue weighted by Gasteiger charge is 2.22. The van der Waals surface area contributed by atoms with Gasteiger partial charge in [-0.05, 0) is 18.4 Å². The Hall–Kier alpha value is -1.88. The Bertz CT molecular complexity index is 446. The summed E-state index contributed by atoms with van der Waals surface area (Å²) in [4.78, 5) is 23.0. The fourth-order valence-electron chi connectivity index (χ4n) is 1.96. The van der Waals surface area contributed by atoms with Gasteiger partial charge in [0.05, 0.1) is 6.04 Å². The summed E-state index contributed by atoms with van der Waals surface area (Å²) in [6, 6.07) is 9.07. The van der Waals surface area contributed by atoms with Crippen LogP contribution in [0.25, 0.3) is 0 Å². The molecule has 5 heteroatoms. The van der Waals surface area contributed by atoms with Gasteiger partial charge < -0.3 is 5.32 Å². The third kappa shape index (κ3) is 4.66. The molecule has 1 aromatic rings. The van der Waals surface area contributed by atoms with Crippen LogP contribution >= 0.6 is 0 Å². The van der Waals surface area contributed by atoms with E-state index in [9.17, 15) is 9.59 Å². The van der Waals surface area contributed by atoms with Gasteiger partial charge in [0, 0.05) is 13.1 Å². The van der Waals surface area contributed by atoms with E-state index in [4.69, 9.17) is 0 Å². The van der Waals surface area contributed by atoms with Crippen molar-refractivity contribution < 1.29 is 9.59 Å². The van der Waals surface area contributed by atoms with E-state index >= 15 is 0 Å². The zero-order valence-corrected chi connectivity index (χ0v) is 12.4. The van der Waals surface area contributed by atoms with Crippen LogP contribution in [0.4, 0.5) is 4.79 Å². The molecule has 3 N–H and O–H groups in total. The van der Waals surface area contributed by atoms with Gasteiger partial charge in [-0.3, -0.25) is 15.4 Å². The molecular weight excluding hydrogens is 254 g/mol. The lowest BCUT2D eigenvalue weighted by Gasteiger charge is -2.26. The van der Waals surface area contributed by atoms with E-state index in [1.807, 2.05) is 30.3 Å². The Kier molecular flexibility index (Phi) is 6.18. The molecule has 0 radical (unpaired) electrons. The monoisotopic (exact) mass is 277 g/mol. The number of urea groups is 1. The minimum Gasteiger partial charge on any atom is -0.341 e. The molecule has 0 aliphatic carbocycles. The van der Waals surface area contributed by atoms with Crippen molar-refractivity contribution in [3.05, 3.63) is 35.9 Å². The molecule has 2 atom stereocenters. The molecule has 0 aliphatic rings. The summed E-state index contributed by atoms with van der Waals surface area (Å²) in [5, 5.41) is 7.90. The molecule has 1 rings (SSSR count). The third-order valence-corrected chi connectivity index (χ3v) is 3.11. The van der Waals surface area contributed by atoms with E-state index in [2.05, 4.69) is 29.8 Å². The molecule has 20 heavy (non-hydrogen) atoms. The molecule has 0 fully saturated rings. The number of rotatable bonds is 5. The lowest BCUT2D eigenvalue weighted by molar-refractivity contribution is -0.121. The fourth-order valence-corrected chi connectivity index (χ4v) is 1.96. The molecule has 1 aromatic carbocycles. The van der Waals surface area contributed by atoms with Crippen LogP contribution in [-0.4, -0.2) is 25.0 Å². The van der Waals surface area contributed by atoms with Gasteiger partial charge in [-0.2, -0.15) is 0 Å². The van der Waals surface area contributed by atoms with Crippen LogP contribution in [0.3, 0.4) is 0 Å². The lowest BCUT2D eigenvalue weighted by atomic mass is 9.95. The Labute approximate surface area is 120 Å². The maximum atomic E-state index is 11.9. The highest BCUT2D eigenvalue weighted by molar-refractivity contribution is 5.96. The third-order valence-electron chi connectivity index (χ3n) is 3.11. The average Bonchev–Trinajstić information content (AvgIpc) is 2.44. The standard InChI is InChI=1S/C15H23N3O2/c1-10(2)13(12-8-6-5-7-9-12)17-11(3)14(19)18-15(20)16-4/h5-11,13,17H,1-4H3,(H2,16,18,19,20)/t11-,13+/m0/s1. The number of hydrogen-bond acceptors (Lipinski definition) is 3. The molecule has 0 heterocycles. The van der Waals surface area contributed by atoms with Crippen LogP contribution in [0.15, 0.2) is 30.3 Å². The minimum atomic E-state index is -0.496. The second kappa shape index (κ2) is 7.65. The average molecular weight is 277 g/mol. The predicted octanol–water partition coefficient (Wildman–Crippen LogP) is 1.82. The van der Waals surface area contributed by atoms with Crippen molar-refractivity contribution in [1.29, 1.82) is 0 Å². The predicted molar refractivity (Wildman–Crippen MR) is 79.2 cm³/mol. The number of imide groups is 1. The maximum absolute atomic E-state index is 11.9. The van der Waals surface area contributed by atoms with Gasteiger partial charge in [0.25, 0.3) is 0 Å². The molecule has 5 nitrogen and oxygen atoms in total. The zero-order chi connectivity index (χ0) is 15.1. The summed E-state index contributed by atoms with van der Waals surface area (Å²) in [5.74, 6) is -0.0152. The molecule has 0 saturated heterocycles. The molecule has 0 bridgehead atoms. The van der Waals surface area contributed by atoms with E-state index in [1.54, 1.807) is 6.92 Å². The summed E-state index contributed by atoms with van der Waals surface area (Å²) >= 11 is 0. The van der Waals surface area contributed by atoms with Crippen LogP contribution in [0.2, 0.25) is 0 Å². The van der Waals surface area contributed by atoms with Crippen molar-refractivity contribution in [3.63, 3.8) is 0 Å². The SMILES string of the molecule is CNC(=O)NC(=O)[C@H](C)N[C@@H](c1ccccc1)C(C)C. The molecule has 0 aliphatic heterocycles. The Morgan fingerprint density at radius 2 is 1.65 bits per heavy atom. The molecule has 0 spiro atoms. The molecule has 3 amide bonds. The first kappa shape index (κ1) is 16.2. The number of benzene rings is 1. The summed E-state index contributed by atoms with van der Waals surface area (Å²) in [5.41, 5.74) is 1.13. The quantitative estimate of drug-likeness (QED) is 0.769. The second-order valence-electron chi connectivity index (χ2n) is 5.09. The normalized spacial score (nSPS) is 13.7. The van der Waals surface area contributed by atoms with Crippen LogP contribution in [0, 0.1) is 5.92 Å². The minimum absolute atomic E-state index is 0.0571. The molecule has 110 valence electrons. The molecule has 0 aromatic heterocycles. The van der Waals surface area contributed by atoms with Gasteiger partial charge in [-0.25, -0.2) is 4.79 Å². The molecule has 0 unspecified atom stereocenters. The van der Waals surface area contributed by atoms with Gasteiger partial charge in [0.15, 0.2) is 0 Å². The fraction of sp³-hybridized carbons (Fsp3) is 0.467. The Morgan fingerprint density at radius 3 is 2.15 bits per heavy atom. The van der Waals surface area contributed by atoms with E-state index in [1.165, 1.54) is 7.05 Å². The molecule has 0 saturated carbocycles. The first-order valence-electron chi connectivity index (χ1n) is 6.79. The van der Waals surface area contributed by atoms with Crippen molar-refractivity contribution >= 4 is 11.9 Å². The van der Waals surface area contributed by atoms with E-state index in [-0.39, 0.29) is 11.9 Å². The van der Waals surface area contributed by atoms with Crippen molar-refractivity contribution in [2.45, 2.75) is 32.9 Å². The lowest BCUT2D eigenvalue weighted by Crippen LogP contribution is -2.48. The van der Waals surface area contributed by atoms with Crippen LogP contribution < -0.4 is 16.0 Å². The van der Waals surface area contributed by atoms with E-state index in [0.29, 0.717) is 5.92 Å². The summed E-state index contributed by atoms with van der Waals surface area (Å²) in [6.07, 6.45) is 0. The van der Waals surface area contributed by atoms with Crippen molar-refractivity contribution in [1.82, 2.24) is 16.0 Å². The van der Waals surface area contributed by atoms with Crippen LogP contribution in [-0.2, 0) is 4.79 Å². The second-order valence-corrected chi connectivity index (χ2v) is 5.09. The first-order chi connectivity index (χ1) is 9.45. The number of hydrogen-bond donors (Lipinski definition) is 3. The summed E-state index contributed by atoms with van der Waals surface area (Å²) in [6.45, 7) is 5.93. The van der Waals surface area contributed by atoms with Crippen molar-refractivity contribution in [2.75, 3.05) is 7.05 Å². The van der Waals surface area contributed by atoms with Gasteiger partial charge in [-0.15, -0.1) is 0 Å².